The van der Waals surface area contributed by atoms with Crippen LogP contribution in [0.5, 0.6) is 5.75 Å². The lowest BCUT2D eigenvalue weighted by molar-refractivity contribution is 0.0365. The number of nitrogens with zero attached hydrogens (tertiary/aromatic N) is 1. The van der Waals surface area contributed by atoms with Crippen LogP contribution in [0.1, 0.15) is 49.3 Å². The van der Waals surface area contributed by atoms with Crippen molar-refractivity contribution >= 4 is 7.85 Å². The van der Waals surface area contributed by atoms with Crippen LogP contribution in [0.25, 0.3) is 0 Å². The Morgan fingerprint density at radius 2 is 2.00 bits per heavy atom. The maximum Gasteiger partial charge on any atom is 0.125 e. The van der Waals surface area contributed by atoms with E-state index >= 15 is 0 Å². The Balaban J connectivity index is 1.20. The number of hydrogen-bond acceptors (Lipinski definition) is 5. The Bertz CT molecular complexity index is 816. The van der Waals surface area contributed by atoms with E-state index in [1.165, 1.54) is 24.0 Å². The molecule has 6 heteroatoms. The van der Waals surface area contributed by atoms with Crippen LogP contribution in [0.15, 0.2) is 41.4 Å². The summed E-state index contributed by atoms with van der Waals surface area (Å²) in [6, 6.07) is 6.29. The fourth-order valence-corrected chi connectivity index (χ4v) is 4.98. The zero-order chi connectivity index (χ0) is 22.3. The molecule has 4 rings (SSSR count). The minimum Gasteiger partial charge on any atom is -0.493 e. The summed E-state index contributed by atoms with van der Waals surface area (Å²) in [5.41, 5.74) is 4.51. The fraction of sp³-hybridized carbons (Fsp3) is 0.615. The van der Waals surface area contributed by atoms with Gasteiger partial charge >= 0.3 is 0 Å². The number of rotatable bonds is 9. The summed E-state index contributed by atoms with van der Waals surface area (Å²) in [4.78, 5) is 2.58. The predicted octanol–water partition coefficient (Wildman–Crippen LogP) is 3.56. The third-order valence-electron chi connectivity index (χ3n) is 6.99. The number of benzene rings is 1. The van der Waals surface area contributed by atoms with E-state index in [0.29, 0.717) is 26.2 Å². The van der Waals surface area contributed by atoms with Crippen LogP contribution in [0.2, 0.25) is 0 Å². The molecule has 0 saturated carbocycles. The lowest BCUT2D eigenvalue weighted by atomic mass is 9.79. The molecule has 1 fully saturated rings. The highest BCUT2D eigenvalue weighted by molar-refractivity contribution is 6.22. The molecule has 0 aromatic heterocycles. The summed E-state index contributed by atoms with van der Waals surface area (Å²) in [6.07, 6.45) is 10.0. The predicted molar refractivity (Wildman–Crippen MR) is 127 cm³/mol. The third-order valence-corrected chi connectivity index (χ3v) is 6.99. The smallest absolute Gasteiger partial charge is 0.125 e. The van der Waals surface area contributed by atoms with E-state index < -0.39 is 6.10 Å². The zero-order valence-corrected chi connectivity index (χ0v) is 19.3. The number of hydrogen-bond donors (Lipinski definition) is 1. The first-order valence-electron chi connectivity index (χ1n) is 12.0. The van der Waals surface area contributed by atoms with Gasteiger partial charge in [-0.1, -0.05) is 29.3 Å². The van der Waals surface area contributed by atoms with Crippen LogP contribution < -0.4 is 4.74 Å². The number of piperidine rings is 1. The minimum atomic E-state index is -0.390. The van der Waals surface area contributed by atoms with Crippen molar-refractivity contribution in [1.29, 1.82) is 0 Å². The van der Waals surface area contributed by atoms with Crippen molar-refractivity contribution in [3.8, 4) is 5.75 Å². The molecule has 2 unspecified atom stereocenters. The van der Waals surface area contributed by atoms with Crippen LogP contribution in [0.4, 0.5) is 0 Å². The van der Waals surface area contributed by atoms with Gasteiger partial charge in [0.25, 0.3) is 0 Å². The molecule has 5 nitrogen and oxygen atoms in total. The normalized spacial score (nSPS) is 24.4. The van der Waals surface area contributed by atoms with Crippen molar-refractivity contribution in [1.82, 2.24) is 4.90 Å². The minimum absolute atomic E-state index is 0.00854. The van der Waals surface area contributed by atoms with Crippen LogP contribution in [0.3, 0.4) is 0 Å². The Morgan fingerprint density at radius 3 is 2.81 bits per heavy atom. The molecule has 1 N–H and O–H groups in total. The van der Waals surface area contributed by atoms with Gasteiger partial charge in [-0.15, -0.1) is 0 Å². The number of aliphatic hydroxyl groups excluding tert-OH is 1. The molecule has 0 spiro atoms. The number of fused-ring (bicyclic) bond motifs is 1. The van der Waals surface area contributed by atoms with Crippen molar-refractivity contribution in [2.24, 2.45) is 5.92 Å². The quantitative estimate of drug-likeness (QED) is 0.473. The topological polar surface area (TPSA) is 51.2 Å². The molecule has 1 aromatic rings. The highest BCUT2D eigenvalue weighted by Gasteiger charge is 2.24. The van der Waals surface area contributed by atoms with Gasteiger partial charge in [-0.2, -0.15) is 0 Å². The Hall–Kier alpha value is -1.60. The molecule has 2 atom stereocenters. The zero-order valence-electron chi connectivity index (χ0n) is 19.3. The maximum atomic E-state index is 10.2. The van der Waals surface area contributed by atoms with E-state index in [1.54, 1.807) is 7.11 Å². The van der Waals surface area contributed by atoms with Crippen LogP contribution in [-0.4, -0.2) is 70.5 Å². The van der Waals surface area contributed by atoms with E-state index in [-0.39, 0.29) is 6.10 Å². The van der Waals surface area contributed by atoms with Gasteiger partial charge in [0.2, 0.25) is 0 Å². The molecule has 0 bridgehead atoms. The van der Waals surface area contributed by atoms with Crippen LogP contribution in [-0.2, 0) is 15.9 Å². The molecule has 32 heavy (non-hydrogen) atoms. The lowest BCUT2D eigenvalue weighted by Gasteiger charge is -2.33. The van der Waals surface area contributed by atoms with Crippen molar-refractivity contribution < 1.29 is 19.3 Å². The average Bonchev–Trinajstić information content (AvgIpc) is 2.81. The highest BCUT2D eigenvalue weighted by Crippen LogP contribution is 2.33. The number of aliphatic hydroxyl groups is 1. The molecule has 2 aliphatic heterocycles. The number of allylic oxidation sites excluding steroid dienone is 2. The molecule has 1 aromatic carbocycles. The van der Waals surface area contributed by atoms with E-state index in [1.807, 2.05) is 12.1 Å². The molecule has 3 aliphatic rings. The highest BCUT2D eigenvalue weighted by atomic mass is 16.5. The van der Waals surface area contributed by atoms with Crippen molar-refractivity contribution in [2.45, 2.75) is 50.7 Å². The van der Waals surface area contributed by atoms with Gasteiger partial charge in [0.1, 0.15) is 13.6 Å². The largest absolute Gasteiger partial charge is 0.493 e. The third kappa shape index (κ3) is 6.25. The Kier molecular flexibility index (Phi) is 8.47. The van der Waals surface area contributed by atoms with E-state index in [4.69, 9.17) is 22.1 Å². The van der Waals surface area contributed by atoms with Crippen LogP contribution in [0, 0.1) is 5.92 Å². The second-order valence-electron chi connectivity index (χ2n) is 9.31. The van der Waals surface area contributed by atoms with Gasteiger partial charge in [-0.25, -0.2) is 0 Å². The summed E-state index contributed by atoms with van der Waals surface area (Å²) < 4.78 is 16.6. The Labute approximate surface area is 193 Å². The lowest BCUT2D eigenvalue weighted by Crippen LogP contribution is -2.35. The molecule has 2 radical (unpaired) electrons. The van der Waals surface area contributed by atoms with Crippen molar-refractivity contribution in [3.05, 3.63) is 52.5 Å². The number of ether oxygens (including phenoxy) is 3. The average molecular weight is 437 g/mol. The maximum absolute atomic E-state index is 10.2. The van der Waals surface area contributed by atoms with Crippen molar-refractivity contribution in [2.75, 3.05) is 46.6 Å². The van der Waals surface area contributed by atoms with E-state index in [9.17, 15) is 5.11 Å². The summed E-state index contributed by atoms with van der Waals surface area (Å²) in [6.45, 7) is 5.16. The van der Waals surface area contributed by atoms with Gasteiger partial charge in [-0.05, 0) is 68.8 Å². The molecular formula is C26H36BNO4. The second-order valence-corrected chi connectivity index (χ2v) is 9.31. The van der Waals surface area contributed by atoms with Gasteiger partial charge < -0.3 is 24.2 Å². The van der Waals surface area contributed by atoms with Gasteiger partial charge in [-0.3, -0.25) is 0 Å². The van der Waals surface area contributed by atoms with Gasteiger partial charge in [0, 0.05) is 25.6 Å². The number of methoxy groups -OCH3 is 1. The second kappa shape index (κ2) is 11.5. The SMILES string of the molecule is [B]C1=CC=C(CC2CCN(CCc3ccc4c(c3)C(O)CCO4)CC2)CC1OCCOC. The first-order chi connectivity index (χ1) is 15.6. The van der Waals surface area contributed by atoms with Gasteiger partial charge in [0.05, 0.1) is 32.0 Å². The molecule has 172 valence electrons. The molecule has 2 heterocycles. The van der Waals surface area contributed by atoms with Crippen LogP contribution >= 0.6 is 0 Å². The standard InChI is InChI=1S/C26H36BNO4/c1-30-14-15-32-26-18-21(2-4-23(26)27)16-20-7-11-28(12-8-20)10-6-19-3-5-25-22(17-19)24(29)9-13-31-25/h2-5,17,20,24,26,29H,6-16,18H2,1H3. The van der Waals surface area contributed by atoms with Gasteiger partial charge in [0.15, 0.2) is 0 Å². The van der Waals surface area contributed by atoms with E-state index in [0.717, 1.165) is 61.6 Å². The summed E-state index contributed by atoms with van der Waals surface area (Å²) >= 11 is 0. The summed E-state index contributed by atoms with van der Waals surface area (Å²) in [5, 5.41) is 10.2. The Morgan fingerprint density at radius 1 is 1.16 bits per heavy atom. The first-order valence-corrected chi connectivity index (χ1v) is 12.0. The molecule has 1 saturated heterocycles. The summed E-state index contributed by atoms with van der Waals surface area (Å²) in [5.74, 6) is 1.58. The number of likely N-dealkylation sites (tertiary alicyclic amines) is 1. The van der Waals surface area contributed by atoms with Crippen molar-refractivity contribution in [3.63, 3.8) is 0 Å². The molecule has 1 aliphatic carbocycles. The van der Waals surface area contributed by atoms with E-state index in [2.05, 4.69) is 23.1 Å². The molecular weight excluding hydrogens is 401 g/mol. The fourth-order valence-electron chi connectivity index (χ4n) is 4.98. The summed E-state index contributed by atoms with van der Waals surface area (Å²) in [7, 11) is 7.81. The molecule has 0 amide bonds. The monoisotopic (exact) mass is 437 g/mol. The first kappa shape index (κ1) is 23.6.